The van der Waals surface area contributed by atoms with Crippen LogP contribution in [0.1, 0.15) is 72.3 Å². The molecular formula is C36H33F3N4O6. The average Bonchev–Trinajstić information content (AvgIpc) is 3.70. The Labute approximate surface area is 279 Å². The van der Waals surface area contributed by atoms with Gasteiger partial charge in [0.2, 0.25) is 5.91 Å². The van der Waals surface area contributed by atoms with Gasteiger partial charge < -0.3 is 15.2 Å². The summed E-state index contributed by atoms with van der Waals surface area (Å²) in [7, 11) is 2.02. The SMILES string of the molecule is Cn1c(-c2ccccn2)c(C2CCCC2)c2ccc(NC(=O)C3(NC(=O)c4ccc(/C=C/C(=O)OOC(=O)C(F)(F)F)cc4)CCC3)cc21. The Morgan fingerprint density at radius 3 is 2.33 bits per heavy atom. The van der Waals surface area contributed by atoms with E-state index in [2.05, 4.69) is 36.0 Å². The number of fused-ring (bicyclic) bond motifs is 1. The molecule has 6 rings (SSSR count). The van der Waals surface area contributed by atoms with E-state index in [1.165, 1.54) is 48.7 Å². The van der Waals surface area contributed by atoms with Crippen molar-refractivity contribution in [3.8, 4) is 11.4 Å². The Morgan fingerprint density at radius 1 is 0.959 bits per heavy atom. The van der Waals surface area contributed by atoms with Crippen molar-refractivity contribution in [3.05, 3.63) is 89.6 Å². The predicted molar refractivity (Wildman–Crippen MR) is 174 cm³/mol. The molecule has 0 unspecified atom stereocenters. The molecule has 13 heteroatoms. The molecule has 2 aromatic carbocycles. The highest BCUT2D eigenvalue weighted by Crippen LogP contribution is 2.44. The van der Waals surface area contributed by atoms with E-state index in [0.29, 0.717) is 30.0 Å². The van der Waals surface area contributed by atoms with Gasteiger partial charge in [0.15, 0.2) is 0 Å². The minimum atomic E-state index is -5.31. The number of rotatable bonds is 8. The normalized spacial score (nSPS) is 15.9. The minimum absolute atomic E-state index is 0.254. The summed E-state index contributed by atoms with van der Waals surface area (Å²) in [5, 5.41) is 7.07. The Balaban J connectivity index is 1.13. The number of alkyl halides is 3. The summed E-state index contributed by atoms with van der Waals surface area (Å²) >= 11 is 0. The lowest BCUT2D eigenvalue weighted by atomic mass is 9.75. The molecule has 0 radical (unpaired) electrons. The molecule has 2 aliphatic rings. The summed E-state index contributed by atoms with van der Waals surface area (Å²) in [5.74, 6) is -4.35. The zero-order valence-corrected chi connectivity index (χ0v) is 26.5. The molecule has 0 spiro atoms. The number of nitrogens with zero attached hydrogens (tertiary/aromatic N) is 2. The van der Waals surface area contributed by atoms with Crippen molar-refractivity contribution in [1.29, 1.82) is 0 Å². The Hall–Kier alpha value is -5.46. The van der Waals surface area contributed by atoms with Crippen LogP contribution in [0.25, 0.3) is 28.4 Å². The molecule has 2 N–H and O–H groups in total. The number of aryl methyl sites for hydroxylation is 1. The Bertz CT molecular complexity index is 1930. The third kappa shape index (κ3) is 7.06. The molecule has 2 amide bonds. The topological polar surface area (TPSA) is 129 Å². The Morgan fingerprint density at radius 2 is 1.69 bits per heavy atom. The van der Waals surface area contributed by atoms with Gasteiger partial charge in [0.05, 0.1) is 16.9 Å². The van der Waals surface area contributed by atoms with Gasteiger partial charge in [0, 0.05) is 36.0 Å². The fraction of sp³-hybridized carbons (Fsp3) is 0.306. The highest BCUT2D eigenvalue weighted by molar-refractivity contribution is 6.05. The molecule has 254 valence electrons. The number of halogens is 3. The largest absolute Gasteiger partial charge is 0.495 e. The summed E-state index contributed by atoms with van der Waals surface area (Å²) < 4.78 is 38.6. The highest BCUT2D eigenvalue weighted by Gasteiger charge is 2.46. The summed E-state index contributed by atoms with van der Waals surface area (Å²) in [6.07, 6.45) is 4.78. The molecule has 0 aliphatic heterocycles. The van der Waals surface area contributed by atoms with Gasteiger partial charge in [-0.3, -0.25) is 14.6 Å². The molecular weight excluding hydrogens is 641 g/mol. The number of carbonyl (C=O) groups is 4. The number of carbonyl (C=O) groups excluding carboxylic acids is 4. The third-order valence-electron chi connectivity index (χ3n) is 9.18. The first-order valence-electron chi connectivity index (χ1n) is 15.9. The molecule has 0 saturated heterocycles. The van der Waals surface area contributed by atoms with Crippen LogP contribution in [0, 0.1) is 0 Å². The maximum Gasteiger partial charge on any atom is 0.495 e. The van der Waals surface area contributed by atoms with Crippen LogP contribution >= 0.6 is 0 Å². The summed E-state index contributed by atoms with van der Waals surface area (Å²) in [4.78, 5) is 61.0. The molecule has 0 bridgehead atoms. The van der Waals surface area contributed by atoms with Crippen molar-refractivity contribution in [2.45, 2.75) is 62.6 Å². The molecule has 0 atom stereocenters. The first-order chi connectivity index (χ1) is 23.4. The number of aromatic nitrogens is 2. The van der Waals surface area contributed by atoms with Gasteiger partial charge in [0.25, 0.3) is 5.91 Å². The van der Waals surface area contributed by atoms with Crippen molar-refractivity contribution in [2.75, 3.05) is 5.32 Å². The van der Waals surface area contributed by atoms with Crippen molar-refractivity contribution >= 4 is 46.4 Å². The fourth-order valence-electron chi connectivity index (χ4n) is 6.53. The number of hydrogen-bond acceptors (Lipinski definition) is 7. The quantitative estimate of drug-likeness (QED) is 0.120. The number of amides is 2. The van der Waals surface area contributed by atoms with E-state index in [-0.39, 0.29) is 11.5 Å². The second kappa shape index (κ2) is 13.6. The summed E-state index contributed by atoms with van der Waals surface area (Å²) in [5.41, 5.74) is 4.45. The molecule has 2 fully saturated rings. The van der Waals surface area contributed by atoms with Gasteiger partial charge in [-0.2, -0.15) is 13.2 Å². The van der Waals surface area contributed by atoms with Gasteiger partial charge in [-0.15, -0.1) is 0 Å². The van der Waals surface area contributed by atoms with E-state index in [4.69, 9.17) is 0 Å². The van der Waals surface area contributed by atoms with E-state index >= 15 is 0 Å². The average molecular weight is 675 g/mol. The first kappa shape index (κ1) is 33.4. The van der Waals surface area contributed by atoms with Crippen molar-refractivity contribution in [3.63, 3.8) is 0 Å². The third-order valence-corrected chi connectivity index (χ3v) is 9.18. The minimum Gasteiger partial charge on any atom is -0.342 e. The first-order valence-corrected chi connectivity index (χ1v) is 15.9. The molecule has 49 heavy (non-hydrogen) atoms. The number of anilines is 1. The smallest absolute Gasteiger partial charge is 0.342 e. The summed E-state index contributed by atoms with van der Waals surface area (Å²) in [6, 6.07) is 17.7. The van der Waals surface area contributed by atoms with Crippen LogP contribution < -0.4 is 10.6 Å². The standard InChI is InChI=1S/C36H33F3N4O6/c1-43-28-21-25(15-16-26(28)30(23-7-2-3-8-23)31(43)27-9-4-5-20-40-27)41-33(46)35(18-6-19-35)42-32(45)24-13-10-22(11-14-24)12-17-29(44)48-49-34(47)36(37,38)39/h4-5,9-17,20-21,23H,2-3,6-8,18-19H2,1H3,(H,41,46)(H,42,45)/b17-12+. The van der Waals surface area contributed by atoms with Gasteiger partial charge in [-0.1, -0.05) is 37.1 Å². The van der Waals surface area contributed by atoms with Crippen LogP contribution in [0.4, 0.5) is 18.9 Å². The van der Waals surface area contributed by atoms with Crippen LogP contribution in [-0.4, -0.2) is 45.0 Å². The van der Waals surface area contributed by atoms with E-state index in [0.717, 1.165) is 47.6 Å². The van der Waals surface area contributed by atoms with Crippen LogP contribution in [0.3, 0.4) is 0 Å². The number of pyridine rings is 1. The van der Waals surface area contributed by atoms with E-state index in [1.54, 1.807) is 6.20 Å². The molecule has 2 heterocycles. The maximum atomic E-state index is 13.7. The molecule has 4 aromatic rings. The second-order valence-electron chi connectivity index (χ2n) is 12.3. The van der Waals surface area contributed by atoms with E-state index < -0.39 is 29.6 Å². The van der Waals surface area contributed by atoms with E-state index in [1.807, 2.05) is 37.4 Å². The molecule has 2 aromatic heterocycles. The highest BCUT2D eigenvalue weighted by atomic mass is 19.4. The monoisotopic (exact) mass is 674 g/mol. The van der Waals surface area contributed by atoms with Crippen LogP contribution in [-0.2, 0) is 31.2 Å². The zero-order chi connectivity index (χ0) is 34.8. The lowest BCUT2D eigenvalue weighted by Crippen LogP contribution is -2.61. The van der Waals surface area contributed by atoms with Crippen molar-refractivity contribution in [1.82, 2.24) is 14.9 Å². The summed E-state index contributed by atoms with van der Waals surface area (Å²) in [6.45, 7) is 0. The van der Waals surface area contributed by atoms with Crippen LogP contribution in [0.5, 0.6) is 0 Å². The van der Waals surface area contributed by atoms with Gasteiger partial charge in [-0.25, -0.2) is 19.4 Å². The van der Waals surface area contributed by atoms with Crippen molar-refractivity contribution in [2.24, 2.45) is 7.05 Å². The van der Waals surface area contributed by atoms with Gasteiger partial charge in [0.1, 0.15) is 5.54 Å². The Kier molecular flexibility index (Phi) is 9.26. The number of hydrogen-bond donors (Lipinski definition) is 2. The molecule has 2 saturated carbocycles. The predicted octanol–water partition coefficient (Wildman–Crippen LogP) is 6.77. The lowest BCUT2D eigenvalue weighted by Gasteiger charge is -2.40. The van der Waals surface area contributed by atoms with Crippen LogP contribution in [0.2, 0.25) is 0 Å². The number of benzene rings is 2. The molecule has 2 aliphatic carbocycles. The van der Waals surface area contributed by atoms with Gasteiger partial charge in [-0.05, 0) is 91.6 Å². The van der Waals surface area contributed by atoms with Crippen molar-refractivity contribution < 1.29 is 42.1 Å². The van der Waals surface area contributed by atoms with Gasteiger partial charge >= 0.3 is 18.1 Å². The maximum absolute atomic E-state index is 13.7. The van der Waals surface area contributed by atoms with Crippen LogP contribution in [0.15, 0.2) is 72.9 Å². The number of nitrogens with one attached hydrogen (secondary N) is 2. The zero-order valence-electron chi connectivity index (χ0n) is 26.5. The second-order valence-corrected chi connectivity index (χ2v) is 12.3. The lowest BCUT2D eigenvalue weighted by molar-refractivity contribution is -0.282. The van der Waals surface area contributed by atoms with E-state index in [9.17, 15) is 32.3 Å². The molecule has 10 nitrogen and oxygen atoms in total. The fourth-order valence-corrected chi connectivity index (χ4v) is 6.53.